The topological polar surface area (TPSA) is 18.5 Å². The molecule has 0 amide bonds. The average molecular weight is 238 g/mol. The van der Waals surface area contributed by atoms with Gasteiger partial charge in [0.15, 0.2) is 0 Å². The summed E-state index contributed by atoms with van der Waals surface area (Å²) in [6.07, 6.45) is 0. The Balaban J connectivity index is 2.34. The van der Waals surface area contributed by atoms with E-state index in [2.05, 4.69) is 46.9 Å². The number of thiophene rings is 1. The molecular formula is C12H19BO2S. The van der Waals surface area contributed by atoms with Crippen LogP contribution in [0.25, 0.3) is 0 Å². The summed E-state index contributed by atoms with van der Waals surface area (Å²) in [6, 6.07) is 0. The van der Waals surface area contributed by atoms with Crippen LogP contribution in [-0.2, 0) is 9.31 Å². The van der Waals surface area contributed by atoms with E-state index in [0.29, 0.717) is 0 Å². The first-order chi connectivity index (χ1) is 7.24. The van der Waals surface area contributed by atoms with Crippen molar-refractivity contribution >= 4 is 23.9 Å². The van der Waals surface area contributed by atoms with Gasteiger partial charge in [-0.1, -0.05) is 0 Å². The Morgan fingerprint density at radius 2 is 1.56 bits per heavy atom. The molecule has 0 atom stereocenters. The van der Waals surface area contributed by atoms with Crippen LogP contribution in [0.2, 0.25) is 0 Å². The third-order valence-electron chi connectivity index (χ3n) is 3.71. The van der Waals surface area contributed by atoms with E-state index < -0.39 is 0 Å². The van der Waals surface area contributed by atoms with Crippen LogP contribution in [0, 0.1) is 13.8 Å². The van der Waals surface area contributed by atoms with Gasteiger partial charge >= 0.3 is 7.12 Å². The molecule has 0 radical (unpaired) electrons. The highest BCUT2D eigenvalue weighted by molar-refractivity contribution is 7.11. The molecule has 1 aliphatic heterocycles. The molecule has 1 aliphatic rings. The van der Waals surface area contributed by atoms with Gasteiger partial charge in [-0.3, -0.25) is 0 Å². The summed E-state index contributed by atoms with van der Waals surface area (Å²) in [5.41, 5.74) is 1.97. The molecule has 2 rings (SSSR count). The predicted molar refractivity (Wildman–Crippen MR) is 69.5 cm³/mol. The normalized spacial score (nSPS) is 22.8. The molecule has 1 aromatic rings. The lowest BCUT2D eigenvalue weighted by Crippen LogP contribution is -2.41. The molecule has 0 unspecified atom stereocenters. The molecule has 0 bridgehead atoms. The van der Waals surface area contributed by atoms with Gasteiger partial charge in [0, 0.05) is 4.88 Å². The molecule has 2 heterocycles. The van der Waals surface area contributed by atoms with Gasteiger partial charge in [0.2, 0.25) is 0 Å². The Morgan fingerprint density at radius 1 is 1.06 bits per heavy atom. The summed E-state index contributed by atoms with van der Waals surface area (Å²) in [4.78, 5) is 1.29. The third kappa shape index (κ3) is 1.73. The fraction of sp³-hybridized carbons (Fsp3) is 0.667. The SMILES string of the molecule is Cc1csc(C)c1B1OC(C)(C)C(C)(C)O1. The molecule has 0 spiro atoms. The minimum Gasteiger partial charge on any atom is -0.399 e. The van der Waals surface area contributed by atoms with Gasteiger partial charge in [0.25, 0.3) is 0 Å². The first kappa shape index (κ1) is 12.2. The molecule has 0 aromatic carbocycles. The molecule has 1 saturated heterocycles. The maximum Gasteiger partial charge on any atom is 0.496 e. The zero-order chi connectivity index (χ0) is 12.1. The van der Waals surface area contributed by atoms with Crippen LogP contribution in [0.4, 0.5) is 0 Å². The highest BCUT2D eigenvalue weighted by Gasteiger charge is 2.52. The van der Waals surface area contributed by atoms with Gasteiger partial charge in [0.1, 0.15) is 0 Å². The number of rotatable bonds is 1. The largest absolute Gasteiger partial charge is 0.496 e. The van der Waals surface area contributed by atoms with Crippen molar-refractivity contribution in [2.45, 2.75) is 52.7 Å². The molecule has 4 heteroatoms. The molecule has 88 valence electrons. The molecular weight excluding hydrogens is 219 g/mol. The number of aryl methyl sites for hydroxylation is 2. The molecule has 0 saturated carbocycles. The quantitative estimate of drug-likeness (QED) is 0.700. The highest BCUT2D eigenvalue weighted by atomic mass is 32.1. The van der Waals surface area contributed by atoms with Crippen LogP contribution < -0.4 is 5.46 Å². The van der Waals surface area contributed by atoms with Crippen molar-refractivity contribution in [3.05, 3.63) is 15.8 Å². The summed E-state index contributed by atoms with van der Waals surface area (Å²) in [7, 11) is -0.212. The van der Waals surface area contributed by atoms with Gasteiger partial charge in [-0.2, -0.15) is 0 Å². The van der Waals surface area contributed by atoms with Crippen LogP contribution in [0.1, 0.15) is 38.1 Å². The second-order valence-electron chi connectivity index (χ2n) is 5.48. The van der Waals surface area contributed by atoms with Crippen molar-refractivity contribution < 1.29 is 9.31 Å². The van der Waals surface area contributed by atoms with Crippen LogP contribution in [0.5, 0.6) is 0 Å². The fourth-order valence-corrected chi connectivity index (χ4v) is 2.76. The molecule has 1 fully saturated rings. The molecule has 0 aliphatic carbocycles. The van der Waals surface area contributed by atoms with E-state index in [1.54, 1.807) is 11.3 Å². The van der Waals surface area contributed by atoms with Crippen LogP contribution >= 0.6 is 11.3 Å². The van der Waals surface area contributed by atoms with Gasteiger partial charge in [-0.05, 0) is 57.9 Å². The Morgan fingerprint density at radius 3 is 1.94 bits per heavy atom. The standard InChI is InChI=1S/C12H19BO2S/c1-8-7-16-9(2)10(8)13-14-11(3,4)12(5,6)15-13/h7H,1-6H3. The molecule has 16 heavy (non-hydrogen) atoms. The predicted octanol–water partition coefficient (Wildman–Crippen LogP) is 2.66. The lowest BCUT2D eigenvalue weighted by Gasteiger charge is -2.32. The van der Waals surface area contributed by atoms with E-state index in [4.69, 9.17) is 9.31 Å². The fourth-order valence-electron chi connectivity index (χ4n) is 1.89. The smallest absolute Gasteiger partial charge is 0.399 e. The van der Waals surface area contributed by atoms with Gasteiger partial charge < -0.3 is 9.31 Å². The maximum atomic E-state index is 6.05. The van der Waals surface area contributed by atoms with Crippen LogP contribution in [0.15, 0.2) is 5.38 Å². The van der Waals surface area contributed by atoms with Gasteiger partial charge in [-0.15, -0.1) is 11.3 Å². The van der Waals surface area contributed by atoms with Gasteiger partial charge in [0.05, 0.1) is 11.2 Å². The first-order valence-corrected chi connectivity index (χ1v) is 6.53. The zero-order valence-corrected chi connectivity index (χ0v) is 11.7. The zero-order valence-electron chi connectivity index (χ0n) is 10.9. The second kappa shape index (κ2) is 3.59. The van der Waals surface area contributed by atoms with E-state index >= 15 is 0 Å². The second-order valence-corrected chi connectivity index (χ2v) is 6.56. The highest BCUT2D eigenvalue weighted by Crippen LogP contribution is 2.37. The number of hydrogen-bond donors (Lipinski definition) is 0. The Bertz CT molecular complexity index is 374. The Labute approximate surface area is 102 Å². The lowest BCUT2D eigenvalue weighted by atomic mass is 9.77. The summed E-state index contributed by atoms with van der Waals surface area (Å²) in [6.45, 7) is 12.6. The average Bonchev–Trinajstić information content (AvgIpc) is 2.52. The monoisotopic (exact) mass is 238 g/mol. The van der Waals surface area contributed by atoms with Crippen LogP contribution in [-0.4, -0.2) is 18.3 Å². The molecule has 1 aromatic heterocycles. The minimum absolute atomic E-state index is 0.212. The maximum absolute atomic E-state index is 6.05. The van der Waals surface area contributed by atoms with E-state index in [-0.39, 0.29) is 18.3 Å². The van der Waals surface area contributed by atoms with E-state index in [1.807, 2.05) is 0 Å². The summed E-state index contributed by atoms with van der Waals surface area (Å²) < 4.78 is 12.1. The minimum atomic E-state index is -0.252. The van der Waals surface area contributed by atoms with Crippen molar-refractivity contribution in [3.63, 3.8) is 0 Å². The summed E-state index contributed by atoms with van der Waals surface area (Å²) in [5.74, 6) is 0. The van der Waals surface area contributed by atoms with Gasteiger partial charge in [-0.25, -0.2) is 0 Å². The van der Waals surface area contributed by atoms with Crippen molar-refractivity contribution in [1.29, 1.82) is 0 Å². The molecule has 2 nitrogen and oxygen atoms in total. The molecule has 0 N–H and O–H groups in total. The lowest BCUT2D eigenvalue weighted by molar-refractivity contribution is 0.00578. The Kier molecular flexibility index (Phi) is 2.72. The van der Waals surface area contributed by atoms with E-state index in [9.17, 15) is 0 Å². The first-order valence-electron chi connectivity index (χ1n) is 5.65. The summed E-state index contributed by atoms with van der Waals surface area (Å²) >= 11 is 1.76. The third-order valence-corrected chi connectivity index (χ3v) is 4.75. The van der Waals surface area contributed by atoms with Crippen molar-refractivity contribution in [3.8, 4) is 0 Å². The van der Waals surface area contributed by atoms with E-state index in [1.165, 1.54) is 15.9 Å². The van der Waals surface area contributed by atoms with Crippen LogP contribution in [0.3, 0.4) is 0 Å². The Hall–Kier alpha value is -0.315. The van der Waals surface area contributed by atoms with Crippen molar-refractivity contribution in [2.75, 3.05) is 0 Å². The van der Waals surface area contributed by atoms with Crippen molar-refractivity contribution in [2.24, 2.45) is 0 Å². The van der Waals surface area contributed by atoms with E-state index in [0.717, 1.165) is 0 Å². The van der Waals surface area contributed by atoms with Crippen molar-refractivity contribution in [1.82, 2.24) is 0 Å². The number of hydrogen-bond acceptors (Lipinski definition) is 3. The summed E-state index contributed by atoms with van der Waals surface area (Å²) in [5, 5.41) is 2.16.